The second kappa shape index (κ2) is 8.62. The summed E-state index contributed by atoms with van der Waals surface area (Å²) in [5.74, 6) is 0.326. The highest BCUT2D eigenvalue weighted by Crippen LogP contribution is 2.30. The molecule has 7 nitrogen and oxygen atoms in total. The Morgan fingerprint density at radius 2 is 1.96 bits per heavy atom. The quantitative estimate of drug-likeness (QED) is 0.724. The molecule has 4 rings (SSSR count). The van der Waals surface area contributed by atoms with Gasteiger partial charge in [-0.05, 0) is 32.1 Å². The Morgan fingerprint density at radius 3 is 2.63 bits per heavy atom. The molecule has 150 valence electrons. The topological polar surface area (TPSA) is 77.8 Å². The van der Waals surface area contributed by atoms with Crippen molar-refractivity contribution in [3.05, 3.63) is 0 Å². The van der Waals surface area contributed by atoms with Crippen molar-refractivity contribution in [3.8, 4) is 6.07 Å². The van der Waals surface area contributed by atoms with E-state index in [4.69, 9.17) is 21.1 Å². The summed E-state index contributed by atoms with van der Waals surface area (Å²) in [4.78, 5) is 17.0. The molecule has 4 fully saturated rings. The molecule has 8 heteroatoms. The average Bonchev–Trinajstić information content (AvgIpc) is 3.37. The lowest BCUT2D eigenvalue weighted by Gasteiger charge is -2.40. The van der Waals surface area contributed by atoms with Crippen molar-refractivity contribution in [1.82, 2.24) is 15.1 Å². The Hall–Kier alpha value is -0.910. The van der Waals surface area contributed by atoms with E-state index in [1.807, 2.05) is 4.90 Å². The highest BCUT2D eigenvalue weighted by molar-refractivity contribution is 6.20. The number of rotatable bonds is 3. The zero-order valence-electron chi connectivity index (χ0n) is 15.7. The number of hydrogen-bond acceptors (Lipinski definition) is 6. The summed E-state index contributed by atoms with van der Waals surface area (Å²) in [7, 11) is 0. The Kier molecular flexibility index (Phi) is 6.20. The molecule has 0 spiro atoms. The molecular formula is C19H29ClN4O3. The van der Waals surface area contributed by atoms with E-state index in [0.29, 0.717) is 13.1 Å². The van der Waals surface area contributed by atoms with Crippen LogP contribution in [0.5, 0.6) is 0 Å². The van der Waals surface area contributed by atoms with E-state index < -0.39 is 0 Å². The maximum absolute atomic E-state index is 12.8. The van der Waals surface area contributed by atoms with Crippen LogP contribution in [0.1, 0.15) is 38.5 Å². The third-order valence-corrected chi connectivity index (χ3v) is 6.70. The van der Waals surface area contributed by atoms with Crippen LogP contribution < -0.4 is 5.32 Å². The second-order valence-corrected chi connectivity index (χ2v) is 8.71. The van der Waals surface area contributed by atoms with Gasteiger partial charge in [0.05, 0.1) is 12.2 Å². The molecule has 3 heterocycles. The van der Waals surface area contributed by atoms with E-state index in [0.717, 1.165) is 58.2 Å². The number of piperazine rings is 1. The monoisotopic (exact) mass is 396 g/mol. The molecule has 4 aliphatic rings. The van der Waals surface area contributed by atoms with E-state index in [2.05, 4.69) is 16.3 Å². The van der Waals surface area contributed by atoms with Crippen LogP contribution in [0, 0.1) is 17.2 Å². The fourth-order valence-electron chi connectivity index (χ4n) is 4.77. The van der Waals surface area contributed by atoms with Gasteiger partial charge in [0.2, 0.25) is 5.91 Å². The van der Waals surface area contributed by atoms with Crippen LogP contribution in [0.15, 0.2) is 0 Å². The van der Waals surface area contributed by atoms with Crippen molar-refractivity contribution in [1.29, 1.82) is 5.26 Å². The van der Waals surface area contributed by atoms with Gasteiger partial charge in [-0.2, -0.15) is 5.26 Å². The third-order valence-electron chi connectivity index (χ3n) is 6.30. The molecule has 6 unspecified atom stereocenters. The molecule has 1 saturated carbocycles. The number of amides is 1. The van der Waals surface area contributed by atoms with Crippen LogP contribution in [-0.2, 0) is 14.3 Å². The van der Waals surface area contributed by atoms with Gasteiger partial charge in [0, 0.05) is 44.1 Å². The average molecular weight is 397 g/mol. The number of ether oxygens (including phenoxy) is 2. The first kappa shape index (κ1) is 19.4. The normalized spacial score (nSPS) is 40.8. The van der Waals surface area contributed by atoms with Gasteiger partial charge in [0.25, 0.3) is 0 Å². The summed E-state index contributed by atoms with van der Waals surface area (Å²) in [6.45, 7) is 3.59. The van der Waals surface area contributed by atoms with E-state index in [-0.39, 0.29) is 41.8 Å². The highest BCUT2D eigenvalue weighted by Gasteiger charge is 2.44. The minimum atomic E-state index is -0.364. The van der Waals surface area contributed by atoms with Crippen LogP contribution in [-0.4, -0.2) is 78.5 Å². The third kappa shape index (κ3) is 4.25. The molecule has 0 bridgehead atoms. The fraction of sp³-hybridized carbons (Fsp3) is 0.895. The molecule has 6 atom stereocenters. The van der Waals surface area contributed by atoms with Crippen LogP contribution in [0.2, 0.25) is 0 Å². The smallest absolute Gasteiger partial charge is 0.225 e. The van der Waals surface area contributed by atoms with Gasteiger partial charge in [-0.3, -0.25) is 15.0 Å². The van der Waals surface area contributed by atoms with E-state index in [9.17, 15) is 10.1 Å². The Morgan fingerprint density at radius 1 is 1.15 bits per heavy atom. The maximum Gasteiger partial charge on any atom is 0.225 e. The number of carbonyl (C=O) groups is 1. The van der Waals surface area contributed by atoms with Crippen molar-refractivity contribution < 1.29 is 14.3 Å². The Labute approximate surface area is 165 Å². The van der Waals surface area contributed by atoms with Gasteiger partial charge >= 0.3 is 0 Å². The van der Waals surface area contributed by atoms with Gasteiger partial charge in [-0.15, -0.1) is 11.6 Å². The highest BCUT2D eigenvalue weighted by atomic mass is 35.5. The van der Waals surface area contributed by atoms with E-state index in [1.165, 1.54) is 0 Å². The van der Waals surface area contributed by atoms with Crippen molar-refractivity contribution >= 4 is 17.5 Å². The summed E-state index contributed by atoms with van der Waals surface area (Å²) < 4.78 is 11.9. The van der Waals surface area contributed by atoms with Crippen molar-refractivity contribution in [3.63, 3.8) is 0 Å². The van der Waals surface area contributed by atoms with Gasteiger partial charge in [0.1, 0.15) is 18.5 Å². The molecule has 0 aromatic carbocycles. The summed E-state index contributed by atoms with van der Waals surface area (Å²) in [6.07, 6.45) is 5.37. The number of nitriles is 1. The zero-order chi connectivity index (χ0) is 18.8. The van der Waals surface area contributed by atoms with Gasteiger partial charge in [-0.25, -0.2) is 0 Å². The molecular weight excluding hydrogens is 368 g/mol. The minimum Gasteiger partial charge on any atom is -0.374 e. The van der Waals surface area contributed by atoms with Crippen LogP contribution in [0.4, 0.5) is 0 Å². The molecule has 1 N–H and O–H groups in total. The molecule has 3 aliphatic heterocycles. The van der Waals surface area contributed by atoms with Crippen LogP contribution in [0.25, 0.3) is 0 Å². The number of alkyl halides is 1. The van der Waals surface area contributed by atoms with E-state index in [1.54, 1.807) is 0 Å². The molecule has 3 saturated heterocycles. The second-order valence-electron chi connectivity index (χ2n) is 8.09. The van der Waals surface area contributed by atoms with Gasteiger partial charge < -0.3 is 14.4 Å². The van der Waals surface area contributed by atoms with E-state index >= 15 is 0 Å². The molecule has 0 aromatic heterocycles. The lowest BCUT2D eigenvalue weighted by molar-refractivity contribution is -0.142. The zero-order valence-corrected chi connectivity index (χ0v) is 16.4. The predicted molar refractivity (Wildman–Crippen MR) is 99.9 cm³/mol. The first-order valence-electron chi connectivity index (χ1n) is 10.3. The number of hydrogen-bond donors (Lipinski definition) is 1. The Balaban J connectivity index is 1.30. The number of nitrogens with zero attached hydrogens (tertiary/aromatic N) is 3. The summed E-state index contributed by atoms with van der Waals surface area (Å²) in [5.41, 5.74) is 0. The predicted octanol–water partition coefficient (Wildman–Crippen LogP) is 1.27. The van der Waals surface area contributed by atoms with Crippen molar-refractivity contribution in [2.24, 2.45) is 5.92 Å². The number of halogens is 1. The molecule has 1 aliphatic carbocycles. The fourth-order valence-corrected chi connectivity index (χ4v) is 5.14. The van der Waals surface area contributed by atoms with Gasteiger partial charge in [0.15, 0.2) is 0 Å². The van der Waals surface area contributed by atoms with Crippen molar-refractivity contribution in [2.45, 2.75) is 68.5 Å². The molecule has 0 aromatic rings. The molecule has 27 heavy (non-hydrogen) atoms. The van der Waals surface area contributed by atoms with Gasteiger partial charge in [-0.1, -0.05) is 6.42 Å². The minimum absolute atomic E-state index is 0.0310. The lowest BCUT2D eigenvalue weighted by atomic mass is 9.87. The standard InChI is InChI=1S/C19H29ClN4O3/c20-14-4-1-3-13(11-14)18(25)23-6-8-24(9-7-23)19-15(12-21)22-17(27-19)16-5-2-10-26-16/h13-17,19,22H,1-11H2. The molecule has 1 amide bonds. The largest absolute Gasteiger partial charge is 0.374 e. The Bertz CT molecular complexity index is 572. The SMILES string of the molecule is N#CC1NC(C2CCCO2)OC1N1CCN(C(=O)C2CCCC(Cl)C2)CC1. The number of carbonyl (C=O) groups excluding carboxylic acids is 1. The number of nitrogens with one attached hydrogen (secondary N) is 1. The lowest BCUT2D eigenvalue weighted by Crippen LogP contribution is -2.55. The summed E-state index contributed by atoms with van der Waals surface area (Å²) >= 11 is 6.26. The first-order valence-corrected chi connectivity index (χ1v) is 10.7. The van der Waals surface area contributed by atoms with Crippen LogP contribution >= 0.6 is 11.6 Å². The van der Waals surface area contributed by atoms with Crippen molar-refractivity contribution in [2.75, 3.05) is 32.8 Å². The molecule has 0 radical (unpaired) electrons. The maximum atomic E-state index is 12.8. The summed E-state index contributed by atoms with van der Waals surface area (Å²) in [5, 5.41) is 12.9. The summed E-state index contributed by atoms with van der Waals surface area (Å²) in [6, 6.07) is 1.96. The van der Waals surface area contributed by atoms with Crippen LogP contribution in [0.3, 0.4) is 0 Å². The first-order chi connectivity index (χ1) is 13.2.